The molecule has 0 saturated carbocycles. The Morgan fingerprint density at radius 3 is 2.30 bits per heavy atom. The largest absolute Gasteiger partial charge is 0.476 e. The van der Waals surface area contributed by atoms with E-state index in [2.05, 4.69) is 4.84 Å². The van der Waals surface area contributed by atoms with Crippen LogP contribution in [0.25, 0.3) is 0 Å². The average Bonchev–Trinajstić information content (AvgIpc) is 2.69. The minimum absolute atomic E-state index is 0.00801. The number of Topliss-reactive ketones (excluding diaryl/α,β-unsaturated/α-hetero) is 1. The Kier molecular flexibility index (Phi) is 5.32. The first kappa shape index (κ1) is 15.8. The molecule has 1 aliphatic rings. The summed E-state index contributed by atoms with van der Waals surface area (Å²) < 4.78 is 0. The van der Waals surface area contributed by atoms with Crippen LogP contribution in [0.5, 0.6) is 0 Å². The normalized spacial score (nSPS) is 16.1. The predicted octanol–water partition coefficient (Wildman–Crippen LogP) is -1.26. The lowest BCUT2D eigenvalue weighted by atomic mass is 10.1. The van der Waals surface area contributed by atoms with Crippen LogP contribution in [0, 0.1) is 0 Å². The van der Waals surface area contributed by atoms with E-state index in [0.29, 0.717) is 5.06 Å². The maximum absolute atomic E-state index is 11.5. The second-order valence-electron chi connectivity index (χ2n) is 4.22. The van der Waals surface area contributed by atoms with Crippen molar-refractivity contribution < 1.29 is 33.9 Å². The first-order chi connectivity index (χ1) is 9.32. The minimum atomic E-state index is -1.55. The minimum Gasteiger partial charge on any atom is -0.476 e. The van der Waals surface area contributed by atoms with Gasteiger partial charge in [-0.2, -0.15) is 0 Å². The number of carbonyl (C=O) groups is 5. The van der Waals surface area contributed by atoms with Crippen molar-refractivity contribution in [1.82, 2.24) is 5.06 Å². The van der Waals surface area contributed by atoms with Gasteiger partial charge in [0.1, 0.15) is 6.04 Å². The van der Waals surface area contributed by atoms with Crippen molar-refractivity contribution in [3.8, 4) is 0 Å². The van der Waals surface area contributed by atoms with Gasteiger partial charge in [0.2, 0.25) is 5.78 Å². The zero-order valence-electron chi connectivity index (χ0n) is 10.5. The lowest BCUT2D eigenvalue weighted by molar-refractivity contribution is -0.198. The number of aliphatic carboxylic acids is 1. The Balaban J connectivity index is 2.36. The number of carbonyl (C=O) groups excluding carboxylic acids is 4. The Morgan fingerprint density at radius 1 is 1.25 bits per heavy atom. The average molecular weight is 286 g/mol. The molecule has 0 radical (unpaired) electrons. The van der Waals surface area contributed by atoms with Crippen molar-refractivity contribution in [1.29, 1.82) is 0 Å². The summed E-state index contributed by atoms with van der Waals surface area (Å²) in [5.41, 5.74) is 5.47. The molecule has 1 saturated heterocycles. The molecule has 110 valence electrons. The number of hydrogen-bond acceptors (Lipinski definition) is 7. The molecule has 1 rings (SSSR count). The van der Waals surface area contributed by atoms with Crippen molar-refractivity contribution >= 4 is 29.5 Å². The number of hydroxylamine groups is 2. The molecule has 2 amide bonds. The molecule has 9 nitrogen and oxygen atoms in total. The molecule has 1 aliphatic heterocycles. The van der Waals surface area contributed by atoms with Crippen molar-refractivity contribution in [3.63, 3.8) is 0 Å². The monoisotopic (exact) mass is 286 g/mol. The molecule has 1 unspecified atom stereocenters. The van der Waals surface area contributed by atoms with Gasteiger partial charge in [0.15, 0.2) is 0 Å². The van der Waals surface area contributed by atoms with Gasteiger partial charge in [-0.1, -0.05) is 0 Å². The van der Waals surface area contributed by atoms with Crippen LogP contribution >= 0.6 is 0 Å². The number of carboxylic acid groups (broad SMARTS) is 1. The van der Waals surface area contributed by atoms with Crippen molar-refractivity contribution in [2.24, 2.45) is 5.73 Å². The molecule has 1 heterocycles. The fourth-order valence-corrected chi connectivity index (χ4v) is 1.52. The van der Waals surface area contributed by atoms with Crippen LogP contribution in [0.1, 0.15) is 32.1 Å². The lowest BCUT2D eigenvalue weighted by Gasteiger charge is -2.15. The topological polar surface area (TPSA) is 144 Å². The van der Waals surface area contributed by atoms with Crippen LogP contribution in [0.4, 0.5) is 0 Å². The second-order valence-corrected chi connectivity index (χ2v) is 4.22. The molecule has 1 fully saturated rings. The first-order valence-corrected chi connectivity index (χ1v) is 5.92. The van der Waals surface area contributed by atoms with Gasteiger partial charge in [-0.3, -0.25) is 14.4 Å². The van der Waals surface area contributed by atoms with E-state index in [0.717, 1.165) is 0 Å². The number of imide groups is 1. The highest BCUT2D eigenvalue weighted by atomic mass is 16.7. The van der Waals surface area contributed by atoms with Gasteiger partial charge in [0.25, 0.3) is 11.8 Å². The van der Waals surface area contributed by atoms with E-state index in [9.17, 15) is 24.0 Å². The summed E-state index contributed by atoms with van der Waals surface area (Å²) in [6.07, 6.45) is -0.196. The Bertz CT molecular complexity index is 444. The maximum Gasteiger partial charge on any atom is 0.372 e. The first-order valence-electron chi connectivity index (χ1n) is 5.92. The number of rotatable bonds is 7. The van der Waals surface area contributed by atoms with E-state index in [-0.39, 0.29) is 32.1 Å². The van der Waals surface area contributed by atoms with Gasteiger partial charge in [-0.05, 0) is 12.8 Å². The number of hydrogen-bond donors (Lipinski definition) is 2. The summed E-state index contributed by atoms with van der Waals surface area (Å²) in [4.78, 5) is 59.5. The van der Waals surface area contributed by atoms with Gasteiger partial charge in [0, 0.05) is 19.3 Å². The molecule has 0 aliphatic carbocycles. The van der Waals surface area contributed by atoms with Crippen LogP contribution in [0.3, 0.4) is 0 Å². The summed E-state index contributed by atoms with van der Waals surface area (Å²) >= 11 is 0. The van der Waals surface area contributed by atoms with Crippen molar-refractivity contribution in [2.45, 2.75) is 38.1 Å². The Hall–Kier alpha value is -2.29. The molecule has 0 aromatic carbocycles. The van der Waals surface area contributed by atoms with E-state index in [4.69, 9.17) is 10.8 Å². The highest BCUT2D eigenvalue weighted by molar-refractivity contribution is 6.32. The lowest BCUT2D eigenvalue weighted by Crippen LogP contribution is -2.40. The van der Waals surface area contributed by atoms with E-state index in [1.165, 1.54) is 0 Å². The van der Waals surface area contributed by atoms with Crippen LogP contribution in [-0.4, -0.2) is 45.7 Å². The Labute approximate surface area is 113 Å². The quantitative estimate of drug-likeness (QED) is 0.436. The molecule has 0 bridgehead atoms. The molecular formula is C11H14N2O7. The molecule has 0 aromatic heterocycles. The van der Waals surface area contributed by atoms with Crippen LogP contribution in [0.15, 0.2) is 0 Å². The predicted molar refractivity (Wildman–Crippen MR) is 61.6 cm³/mol. The zero-order chi connectivity index (χ0) is 15.3. The van der Waals surface area contributed by atoms with Gasteiger partial charge in [-0.15, -0.1) is 5.06 Å². The number of nitrogens with two attached hydrogens (primary N) is 1. The fourth-order valence-electron chi connectivity index (χ4n) is 1.52. The smallest absolute Gasteiger partial charge is 0.372 e. The number of ketones is 1. The standard InChI is InChI=1S/C11H14N2O7/c12-6(2-1-3-7(14)10(17)18)11(19)20-13-8(15)4-5-9(13)16/h6H,1-5,12H2,(H,17,18). The maximum atomic E-state index is 11.5. The van der Waals surface area contributed by atoms with E-state index in [1.54, 1.807) is 0 Å². The highest BCUT2D eigenvalue weighted by Crippen LogP contribution is 2.13. The van der Waals surface area contributed by atoms with Crippen molar-refractivity contribution in [2.75, 3.05) is 0 Å². The van der Waals surface area contributed by atoms with Crippen LogP contribution < -0.4 is 5.73 Å². The molecule has 9 heteroatoms. The van der Waals surface area contributed by atoms with Gasteiger partial charge < -0.3 is 15.7 Å². The number of amides is 2. The summed E-state index contributed by atoms with van der Waals surface area (Å²) in [6.45, 7) is 0. The summed E-state index contributed by atoms with van der Waals surface area (Å²) in [5.74, 6) is -4.73. The molecule has 3 N–H and O–H groups in total. The molecule has 20 heavy (non-hydrogen) atoms. The molecular weight excluding hydrogens is 272 g/mol. The summed E-state index contributed by atoms with van der Waals surface area (Å²) in [5, 5.41) is 8.73. The third-order valence-electron chi connectivity index (χ3n) is 2.65. The zero-order valence-corrected chi connectivity index (χ0v) is 10.5. The van der Waals surface area contributed by atoms with Crippen LogP contribution in [-0.2, 0) is 28.8 Å². The van der Waals surface area contributed by atoms with Gasteiger partial charge in [-0.25, -0.2) is 9.59 Å². The van der Waals surface area contributed by atoms with E-state index >= 15 is 0 Å². The van der Waals surface area contributed by atoms with E-state index < -0.39 is 35.6 Å². The molecule has 1 atom stereocenters. The number of carboxylic acids is 1. The molecule has 0 aromatic rings. The van der Waals surface area contributed by atoms with Gasteiger partial charge in [0.05, 0.1) is 0 Å². The second kappa shape index (κ2) is 6.75. The SMILES string of the molecule is NC(CCCC(=O)C(=O)O)C(=O)ON1C(=O)CCC1=O. The van der Waals surface area contributed by atoms with Crippen LogP contribution in [0.2, 0.25) is 0 Å². The van der Waals surface area contributed by atoms with E-state index in [1.807, 2.05) is 0 Å². The molecule has 0 spiro atoms. The summed E-state index contributed by atoms with van der Waals surface area (Å²) in [7, 11) is 0. The third-order valence-corrected chi connectivity index (χ3v) is 2.65. The van der Waals surface area contributed by atoms with Gasteiger partial charge >= 0.3 is 11.9 Å². The third kappa shape index (κ3) is 4.12. The Morgan fingerprint density at radius 2 is 1.80 bits per heavy atom. The highest BCUT2D eigenvalue weighted by Gasteiger charge is 2.34. The number of nitrogens with zero attached hydrogens (tertiary/aromatic N) is 1. The summed E-state index contributed by atoms with van der Waals surface area (Å²) in [6, 6.07) is -1.14. The fraction of sp³-hybridized carbons (Fsp3) is 0.545. The van der Waals surface area contributed by atoms with Crippen molar-refractivity contribution in [3.05, 3.63) is 0 Å².